The number of esters is 1. The molecule has 0 aromatic carbocycles. The van der Waals surface area contributed by atoms with Crippen molar-refractivity contribution in [1.82, 2.24) is 10.9 Å². The molecule has 6 nitrogen and oxygen atoms in total. The second-order valence-electron chi connectivity index (χ2n) is 7.41. The number of hydrazine groups is 1. The number of unbranched alkanes of at least 4 members (excludes halogenated alkanes) is 7. The van der Waals surface area contributed by atoms with Crippen molar-refractivity contribution in [2.45, 2.75) is 84.0 Å². The second-order valence-corrected chi connectivity index (χ2v) is 8.92. The third-order valence-corrected chi connectivity index (χ3v) is 6.52. The normalized spacial score (nSPS) is 12.3. The van der Waals surface area contributed by atoms with E-state index in [-0.39, 0.29) is 17.0 Å². The van der Waals surface area contributed by atoms with E-state index in [1.807, 2.05) is 0 Å². The van der Waals surface area contributed by atoms with E-state index in [4.69, 9.17) is 17.0 Å². The first kappa shape index (κ1) is 23.6. The first-order valence-electron chi connectivity index (χ1n) is 10.7. The standard InChI is InChI=1S/C21H33N3O3S2/c1-3-4-5-6-7-8-9-10-14-17(25)23-24-21(28)22-19-18(20(26)27-2)15-12-11-13-16(15)29-19/h3-14H2,1-2H3,(H,23,25)(H2,22,24,28). The third kappa shape index (κ3) is 7.59. The van der Waals surface area contributed by atoms with Gasteiger partial charge in [-0.3, -0.25) is 15.6 Å². The van der Waals surface area contributed by atoms with Gasteiger partial charge < -0.3 is 10.1 Å². The molecule has 0 atom stereocenters. The smallest absolute Gasteiger partial charge is 0.341 e. The maximum atomic E-state index is 12.2. The topological polar surface area (TPSA) is 79.5 Å². The zero-order chi connectivity index (χ0) is 21.1. The number of amides is 1. The van der Waals surface area contributed by atoms with Crippen molar-refractivity contribution in [3.8, 4) is 0 Å². The van der Waals surface area contributed by atoms with Gasteiger partial charge in [0.25, 0.3) is 0 Å². The molecule has 0 unspecified atom stereocenters. The zero-order valence-corrected chi connectivity index (χ0v) is 19.2. The highest BCUT2D eigenvalue weighted by Gasteiger charge is 2.27. The number of hydrogen-bond donors (Lipinski definition) is 3. The van der Waals surface area contributed by atoms with Gasteiger partial charge in [0.2, 0.25) is 5.91 Å². The number of ether oxygens (including phenoxy) is 1. The number of rotatable bonds is 11. The highest BCUT2D eigenvalue weighted by atomic mass is 32.1. The Morgan fingerprint density at radius 2 is 1.72 bits per heavy atom. The van der Waals surface area contributed by atoms with E-state index >= 15 is 0 Å². The lowest BCUT2D eigenvalue weighted by Crippen LogP contribution is -2.43. The van der Waals surface area contributed by atoms with Gasteiger partial charge in [-0.15, -0.1) is 11.3 Å². The van der Waals surface area contributed by atoms with E-state index < -0.39 is 0 Å². The van der Waals surface area contributed by atoms with Crippen molar-refractivity contribution in [3.05, 3.63) is 16.0 Å². The molecule has 1 aromatic heterocycles. The molecule has 1 aromatic rings. The lowest BCUT2D eigenvalue weighted by molar-refractivity contribution is -0.121. The summed E-state index contributed by atoms with van der Waals surface area (Å²) in [4.78, 5) is 25.3. The molecule has 162 valence electrons. The Morgan fingerprint density at radius 1 is 1.03 bits per heavy atom. The highest BCUT2D eigenvalue weighted by molar-refractivity contribution is 7.80. The maximum absolute atomic E-state index is 12.2. The van der Waals surface area contributed by atoms with Crippen molar-refractivity contribution in [3.63, 3.8) is 0 Å². The van der Waals surface area contributed by atoms with Crippen LogP contribution in [0.2, 0.25) is 0 Å². The van der Waals surface area contributed by atoms with E-state index in [1.165, 1.54) is 61.8 Å². The molecule has 0 spiro atoms. The van der Waals surface area contributed by atoms with Gasteiger partial charge in [0.15, 0.2) is 5.11 Å². The molecule has 1 amide bonds. The molecule has 1 aliphatic rings. The number of fused-ring (bicyclic) bond motifs is 1. The Hall–Kier alpha value is -1.67. The quantitative estimate of drug-likeness (QED) is 0.198. The summed E-state index contributed by atoms with van der Waals surface area (Å²) in [5.74, 6) is -0.435. The van der Waals surface area contributed by atoms with Crippen LogP contribution in [-0.4, -0.2) is 24.1 Å². The van der Waals surface area contributed by atoms with E-state index in [1.54, 1.807) is 0 Å². The Labute approximate surface area is 183 Å². The number of thiocarbonyl (C=S) groups is 1. The van der Waals surface area contributed by atoms with E-state index in [9.17, 15) is 9.59 Å². The summed E-state index contributed by atoms with van der Waals surface area (Å²) < 4.78 is 4.93. The van der Waals surface area contributed by atoms with Gasteiger partial charge in [-0.2, -0.15) is 0 Å². The second kappa shape index (κ2) is 12.8. The molecule has 2 rings (SSSR count). The summed E-state index contributed by atoms with van der Waals surface area (Å²) in [6.07, 6.45) is 13.0. The Morgan fingerprint density at radius 3 is 2.41 bits per heavy atom. The summed E-state index contributed by atoms with van der Waals surface area (Å²) >= 11 is 6.79. The molecule has 8 heteroatoms. The summed E-state index contributed by atoms with van der Waals surface area (Å²) in [6.45, 7) is 2.22. The average Bonchev–Trinajstić information content (AvgIpc) is 3.28. The Kier molecular flexibility index (Phi) is 10.4. The van der Waals surface area contributed by atoms with E-state index in [0.29, 0.717) is 17.0 Å². The van der Waals surface area contributed by atoms with Crippen LogP contribution in [0.3, 0.4) is 0 Å². The average molecular weight is 440 g/mol. The number of aryl methyl sites for hydroxylation is 1. The van der Waals surface area contributed by atoms with Gasteiger partial charge in [-0.1, -0.05) is 51.9 Å². The number of thiophene rings is 1. The SMILES string of the molecule is CCCCCCCCCCC(=O)NNC(=S)Nc1sc2c(c1C(=O)OC)CCC2. The molecule has 29 heavy (non-hydrogen) atoms. The fourth-order valence-electron chi connectivity index (χ4n) is 3.55. The largest absolute Gasteiger partial charge is 0.465 e. The molecule has 0 saturated carbocycles. The number of methoxy groups -OCH3 is 1. The molecule has 0 radical (unpaired) electrons. The molecular formula is C21H33N3O3S2. The minimum Gasteiger partial charge on any atom is -0.465 e. The minimum atomic E-state index is -0.353. The minimum absolute atomic E-state index is 0.0815. The van der Waals surface area contributed by atoms with Crippen LogP contribution in [0.4, 0.5) is 5.00 Å². The van der Waals surface area contributed by atoms with Crippen LogP contribution in [0.25, 0.3) is 0 Å². The van der Waals surface area contributed by atoms with Crippen molar-refractivity contribution in [2.75, 3.05) is 12.4 Å². The van der Waals surface area contributed by atoms with Gasteiger partial charge in [-0.05, 0) is 43.5 Å². The van der Waals surface area contributed by atoms with Crippen LogP contribution in [-0.2, 0) is 22.4 Å². The first-order chi connectivity index (χ1) is 14.1. The van der Waals surface area contributed by atoms with Crippen LogP contribution in [0.5, 0.6) is 0 Å². The third-order valence-electron chi connectivity index (χ3n) is 5.11. The number of carbonyl (C=O) groups is 2. The first-order valence-corrected chi connectivity index (χ1v) is 11.9. The lowest BCUT2D eigenvalue weighted by atomic mass is 10.1. The van der Waals surface area contributed by atoms with Crippen molar-refractivity contribution in [2.24, 2.45) is 0 Å². The number of anilines is 1. The van der Waals surface area contributed by atoms with Crippen LogP contribution >= 0.6 is 23.6 Å². The lowest BCUT2D eigenvalue weighted by Gasteiger charge is -2.12. The van der Waals surface area contributed by atoms with Crippen LogP contribution < -0.4 is 16.2 Å². The number of nitrogens with one attached hydrogen (secondary N) is 3. The summed E-state index contributed by atoms with van der Waals surface area (Å²) in [7, 11) is 1.38. The van der Waals surface area contributed by atoms with Gasteiger partial charge in [-0.25, -0.2) is 4.79 Å². The fraction of sp³-hybridized carbons (Fsp3) is 0.667. The predicted molar refractivity (Wildman–Crippen MR) is 122 cm³/mol. The Balaban J connectivity index is 1.67. The van der Waals surface area contributed by atoms with Crippen LogP contribution in [0, 0.1) is 0 Å². The summed E-state index contributed by atoms with van der Waals surface area (Å²) in [6, 6.07) is 0. The van der Waals surface area contributed by atoms with Gasteiger partial charge in [0.05, 0.1) is 12.7 Å². The zero-order valence-electron chi connectivity index (χ0n) is 17.5. The Bertz CT molecular complexity index is 704. The molecule has 3 N–H and O–H groups in total. The molecule has 0 saturated heterocycles. The van der Waals surface area contributed by atoms with Gasteiger partial charge in [0, 0.05) is 11.3 Å². The highest BCUT2D eigenvalue weighted by Crippen LogP contribution is 2.39. The van der Waals surface area contributed by atoms with E-state index in [0.717, 1.165) is 37.7 Å². The molecule has 0 aliphatic heterocycles. The van der Waals surface area contributed by atoms with Crippen molar-refractivity contribution in [1.29, 1.82) is 0 Å². The number of carbonyl (C=O) groups excluding carboxylic acids is 2. The fourth-order valence-corrected chi connectivity index (χ4v) is 5.05. The molecule has 0 fully saturated rings. The van der Waals surface area contributed by atoms with Crippen LogP contribution in [0.15, 0.2) is 0 Å². The molecule has 0 bridgehead atoms. The number of hydrogen-bond acceptors (Lipinski definition) is 5. The van der Waals surface area contributed by atoms with Gasteiger partial charge >= 0.3 is 5.97 Å². The predicted octanol–water partition coefficient (Wildman–Crippen LogP) is 4.87. The molecule has 1 heterocycles. The van der Waals surface area contributed by atoms with E-state index in [2.05, 4.69) is 23.1 Å². The van der Waals surface area contributed by atoms with Gasteiger partial charge in [0.1, 0.15) is 5.00 Å². The van der Waals surface area contributed by atoms with Crippen molar-refractivity contribution < 1.29 is 14.3 Å². The van der Waals surface area contributed by atoms with Crippen molar-refractivity contribution >= 4 is 45.5 Å². The molecule has 1 aliphatic carbocycles. The molecular weight excluding hydrogens is 406 g/mol. The monoisotopic (exact) mass is 439 g/mol. The summed E-state index contributed by atoms with van der Waals surface area (Å²) in [5, 5.41) is 3.98. The van der Waals surface area contributed by atoms with Crippen LogP contribution in [0.1, 0.15) is 91.9 Å². The maximum Gasteiger partial charge on any atom is 0.341 e. The summed E-state index contributed by atoms with van der Waals surface area (Å²) in [5.41, 5.74) is 6.99.